The minimum absolute atomic E-state index is 0.0510. The van der Waals surface area contributed by atoms with E-state index in [1.165, 1.54) is 17.9 Å². The molecule has 0 bridgehead atoms. The Bertz CT molecular complexity index is 818. The molecule has 0 saturated carbocycles. The third-order valence-corrected chi connectivity index (χ3v) is 3.63. The van der Waals surface area contributed by atoms with Gasteiger partial charge in [0.1, 0.15) is 6.07 Å². The van der Waals surface area contributed by atoms with Crippen molar-refractivity contribution >= 4 is 17.6 Å². The van der Waals surface area contributed by atoms with E-state index in [4.69, 9.17) is 20.8 Å². The first-order valence-corrected chi connectivity index (χ1v) is 7.29. The van der Waals surface area contributed by atoms with Crippen LogP contribution in [0.2, 0.25) is 0 Å². The number of nitrogens with two attached hydrogens (primary N) is 1. The smallest absolute Gasteiger partial charge is 0.357 e. The number of carboxylic acid groups (broad SMARTS) is 1. The number of rotatable bonds is 6. The number of para-hydroxylation sites is 1. The summed E-state index contributed by atoms with van der Waals surface area (Å²) in [5.41, 5.74) is 7.73. The third kappa shape index (κ3) is 3.38. The number of aliphatic carboxylic acids is 1. The zero-order valence-corrected chi connectivity index (χ0v) is 13.2. The Morgan fingerprint density at radius 1 is 1.38 bits per heavy atom. The number of carboxylic acids is 1. The number of nitrogens with zero attached hydrogens (tertiary/aromatic N) is 2. The number of methoxy groups -OCH3 is 1. The number of anilines is 1. The molecule has 7 heteroatoms. The zero-order valence-electron chi connectivity index (χ0n) is 13.2. The van der Waals surface area contributed by atoms with Gasteiger partial charge in [0.2, 0.25) is 0 Å². The lowest BCUT2D eigenvalue weighted by molar-refractivity contribution is -0.137. The van der Waals surface area contributed by atoms with Gasteiger partial charge in [0.15, 0.2) is 5.69 Å². The van der Waals surface area contributed by atoms with Crippen molar-refractivity contribution in [1.82, 2.24) is 4.57 Å². The maximum absolute atomic E-state index is 12.1. The van der Waals surface area contributed by atoms with E-state index in [9.17, 15) is 9.59 Å². The Hall–Kier alpha value is -3.27. The number of hydrogen-bond donors (Lipinski definition) is 2. The van der Waals surface area contributed by atoms with Crippen molar-refractivity contribution in [2.75, 3.05) is 12.8 Å². The number of carbonyl (C=O) groups is 2. The highest BCUT2D eigenvalue weighted by Gasteiger charge is 2.22. The number of carbonyl (C=O) groups excluding carboxylic acids is 1. The largest absolute Gasteiger partial charge is 0.481 e. The van der Waals surface area contributed by atoms with E-state index in [-0.39, 0.29) is 23.4 Å². The van der Waals surface area contributed by atoms with E-state index in [1.807, 2.05) is 18.2 Å². The molecule has 1 aromatic heterocycles. The SMILES string of the molecule is COC(=O)c1c(N)c(C#N)cn1-c1ccccc1CCCC(=O)O. The molecule has 0 aliphatic carbocycles. The molecular formula is C17H17N3O4. The molecule has 0 aliphatic rings. The van der Waals surface area contributed by atoms with Gasteiger partial charge in [-0.2, -0.15) is 5.26 Å². The fourth-order valence-electron chi connectivity index (χ4n) is 2.49. The summed E-state index contributed by atoms with van der Waals surface area (Å²) >= 11 is 0. The van der Waals surface area contributed by atoms with Gasteiger partial charge in [-0.3, -0.25) is 4.79 Å². The highest BCUT2D eigenvalue weighted by Crippen LogP contribution is 2.27. The number of nitrogen functional groups attached to an aromatic ring is 1. The Balaban J connectivity index is 2.51. The number of hydrogen-bond acceptors (Lipinski definition) is 5. The third-order valence-electron chi connectivity index (χ3n) is 3.63. The quantitative estimate of drug-likeness (QED) is 0.785. The molecular weight excluding hydrogens is 310 g/mol. The van der Waals surface area contributed by atoms with Crippen LogP contribution in [-0.4, -0.2) is 28.7 Å². The first kappa shape index (κ1) is 17.1. The Labute approximate surface area is 138 Å². The van der Waals surface area contributed by atoms with Crippen molar-refractivity contribution in [1.29, 1.82) is 5.26 Å². The molecule has 2 rings (SSSR count). The van der Waals surface area contributed by atoms with Crippen LogP contribution >= 0.6 is 0 Å². The van der Waals surface area contributed by atoms with Gasteiger partial charge in [0.25, 0.3) is 0 Å². The summed E-state index contributed by atoms with van der Waals surface area (Å²) in [5.74, 6) is -1.51. The van der Waals surface area contributed by atoms with Gasteiger partial charge in [-0.1, -0.05) is 18.2 Å². The standard InChI is InChI=1S/C17H17N3O4/c1-24-17(23)16-15(19)12(9-18)10-20(16)13-7-3-2-5-11(13)6-4-8-14(21)22/h2-3,5,7,10H,4,6,8,19H2,1H3,(H,21,22). The number of nitriles is 1. The molecule has 1 aromatic carbocycles. The molecule has 0 amide bonds. The van der Waals surface area contributed by atoms with Crippen molar-refractivity contribution in [2.45, 2.75) is 19.3 Å². The molecule has 124 valence electrons. The maximum atomic E-state index is 12.1. The molecule has 0 unspecified atom stereocenters. The number of aryl methyl sites for hydroxylation is 1. The van der Waals surface area contributed by atoms with Crippen molar-refractivity contribution in [3.63, 3.8) is 0 Å². The summed E-state index contributed by atoms with van der Waals surface area (Å²) in [6.45, 7) is 0. The minimum Gasteiger partial charge on any atom is -0.481 e. The van der Waals surface area contributed by atoms with Crippen molar-refractivity contribution in [3.05, 3.63) is 47.3 Å². The molecule has 24 heavy (non-hydrogen) atoms. The van der Waals surface area contributed by atoms with Crippen LogP contribution in [0.15, 0.2) is 30.5 Å². The molecule has 0 fully saturated rings. The van der Waals surface area contributed by atoms with Gasteiger partial charge in [0, 0.05) is 18.3 Å². The molecule has 0 atom stereocenters. The second kappa shape index (κ2) is 7.33. The van der Waals surface area contributed by atoms with Crippen molar-refractivity contribution in [3.8, 4) is 11.8 Å². The lowest BCUT2D eigenvalue weighted by Gasteiger charge is -2.13. The van der Waals surface area contributed by atoms with Crippen LogP contribution in [0.1, 0.15) is 34.5 Å². The number of esters is 1. The van der Waals surface area contributed by atoms with Crippen LogP contribution in [0.4, 0.5) is 5.69 Å². The summed E-state index contributed by atoms with van der Waals surface area (Å²) in [4.78, 5) is 22.8. The van der Waals surface area contributed by atoms with E-state index < -0.39 is 11.9 Å². The minimum atomic E-state index is -0.861. The summed E-state index contributed by atoms with van der Waals surface area (Å²) in [5, 5.41) is 17.9. The average Bonchev–Trinajstić information content (AvgIpc) is 2.90. The van der Waals surface area contributed by atoms with Crippen LogP contribution in [0.3, 0.4) is 0 Å². The number of ether oxygens (including phenoxy) is 1. The first-order valence-electron chi connectivity index (χ1n) is 7.29. The van der Waals surface area contributed by atoms with Gasteiger partial charge in [-0.25, -0.2) is 4.79 Å². The summed E-state index contributed by atoms with van der Waals surface area (Å²) in [6, 6.07) is 9.20. The second-order valence-corrected chi connectivity index (χ2v) is 5.15. The lowest BCUT2D eigenvalue weighted by Crippen LogP contribution is -2.12. The first-order chi connectivity index (χ1) is 11.5. The van der Waals surface area contributed by atoms with Gasteiger partial charge >= 0.3 is 11.9 Å². The Morgan fingerprint density at radius 2 is 2.08 bits per heavy atom. The highest BCUT2D eigenvalue weighted by molar-refractivity contribution is 5.96. The number of benzene rings is 1. The van der Waals surface area contributed by atoms with E-state index in [0.29, 0.717) is 18.5 Å². The molecule has 2 aromatic rings. The second-order valence-electron chi connectivity index (χ2n) is 5.15. The topological polar surface area (TPSA) is 118 Å². The Kier molecular flexibility index (Phi) is 5.22. The average molecular weight is 327 g/mol. The van der Waals surface area contributed by atoms with Crippen LogP contribution in [0.5, 0.6) is 0 Å². The monoisotopic (exact) mass is 327 g/mol. The predicted molar refractivity (Wildman–Crippen MR) is 86.8 cm³/mol. The maximum Gasteiger partial charge on any atom is 0.357 e. The van der Waals surface area contributed by atoms with Gasteiger partial charge in [-0.05, 0) is 24.5 Å². The molecule has 0 aliphatic heterocycles. The zero-order chi connectivity index (χ0) is 17.7. The summed E-state index contributed by atoms with van der Waals surface area (Å²) in [7, 11) is 1.24. The van der Waals surface area contributed by atoms with E-state index in [0.717, 1.165) is 5.56 Å². The van der Waals surface area contributed by atoms with E-state index in [2.05, 4.69) is 0 Å². The Morgan fingerprint density at radius 3 is 2.71 bits per heavy atom. The van der Waals surface area contributed by atoms with Gasteiger partial charge in [-0.15, -0.1) is 0 Å². The molecule has 7 nitrogen and oxygen atoms in total. The van der Waals surface area contributed by atoms with Crippen LogP contribution in [0.25, 0.3) is 5.69 Å². The molecule has 3 N–H and O–H groups in total. The summed E-state index contributed by atoms with van der Waals surface area (Å²) < 4.78 is 6.29. The van der Waals surface area contributed by atoms with Gasteiger partial charge < -0.3 is 20.1 Å². The van der Waals surface area contributed by atoms with Gasteiger partial charge in [0.05, 0.1) is 18.4 Å². The fraction of sp³-hybridized carbons (Fsp3) is 0.235. The summed E-state index contributed by atoms with van der Waals surface area (Å²) in [6.07, 6.45) is 2.51. The highest BCUT2D eigenvalue weighted by atomic mass is 16.5. The number of aromatic nitrogens is 1. The van der Waals surface area contributed by atoms with Crippen molar-refractivity contribution < 1.29 is 19.4 Å². The van der Waals surface area contributed by atoms with Crippen molar-refractivity contribution in [2.24, 2.45) is 0 Å². The fourth-order valence-corrected chi connectivity index (χ4v) is 2.49. The molecule has 0 saturated heterocycles. The lowest BCUT2D eigenvalue weighted by atomic mass is 10.1. The van der Waals surface area contributed by atoms with E-state index in [1.54, 1.807) is 12.1 Å². The van der Waals surface area contributed by atoms with Crippen LogP contribution in [0, 0.1) is 11.3 Å². The molecule has 0 radical (unpaired) electrons. The molecule has 1 heterocycles. The van der Waals surface area contributed by atoms with Crippen LogP contribution in [-0.2, 0) is 16.0 Å². The molecule has 0 spiro atoms. The normalized spacial score (nSPS) is 10.2. The predicted octanol–water partition coefficient (Wildman–Crippen LogP) is 2.13. The van der Waals surface area contributed by atoms with E-state index >= 15 is 0 Å². The van der Waals surface area contributed by atoms with Crippen LogP contribution < -0.4 is 5.73 Å².